The molecule has 2 aliphatic rings. The molecule has 2 aliphatic heterocycles. The minimum atomic E-state index is -0.324. The van der Waals surface area contributed by atoms with Gasteiger partial charge < -0.3 is 19.5 Å². The molecule has 2 saturated heterocycles. The van der Waals surface area contributed by atoms with Gasteiger partial charge in [-0.2, -0.15) is 0 Å². The van der Waals surface area contributed by atoms with Crippen molar-refractivity contribution in [3.8, 4) is 0 Å². The summed E-state index contributed by atoms with van der Waals surface area (Å²) in [4.78, 5) is 32.2. The Morgan fingerprint density at radius 1 is 1.22 bits per heavy atom. The first-order valence-electron chi connectivity index (χ1n) is 9.72. The number of methoxy groups -OCH3 is 1. The Morgan fingerprint density at radius 3 is 2.63 bits per heavy atom. The number of fused-ring (bicyclic) bond motifs is 1. The normalized spacial score (nSPS) is 23.9. The third-order valence-electron chi connectivity index (χ3n) is 6.05. The van der Waals surface area contributed by atoms with Crippen LogP contribution in [0.15, 0.2) is 30.5 Å². The second-order valence-electron chi connectivity index (χ2n) is 7.90. The Balaban J connectivity index is 1.42. The standard InChI is InChI=1S/C21H27N3O3/c1-13(2)24-18(19(27-3)21(24)26)15-7-10-23(11-8-15)20(25)16-5-4-14-6-9-22-17(14)12-16/h4-6,9,12-13,15,18-19,22H,7-8,10-11H2,1-3H3/t18-,19+/m0/s1. The molecule has 1 N–H and O–H groups in total. The number of carbonyl (C=O) groups excluding carboxylic acids is 2. The van der Waals surface area contributed by atoms with Gasteiger partial charge in [-0.3, -0.25) is 9.59 Å². The molecule has 0 radical (unpaired) electrons. The van der Waals surface area contributed by atoms with Crippen molar-refractivity contribution in [2.24, 2.45) is 5.92 Å². The SMILES string of the molecule is CO[C@H]1C(=O)N(C(C)C)[C@H]1C1CCN(C(=O)c2ccc3cc[nH]c3c2)CC1. The van der Waals surface area contributed by atoms with E-state index in [-0.39, 0.29) is 30.0 Å². The minimum absolute atomic E-state index is 0.0821. The topological polar surface area (TPSA) is 65.6 Å². The molecular weight excluding hydrogens is 342 g/mol. The Kier molecular flexibility index (Phi) is 4.68. The number of hydrogen-bond acceptors (Lipinski definition) is 3. The van der Waals surface area contributed by atoms with E-state index in [1.54, 1.807) is 7.11 Å². The molecule has 4 rings (SSSR count). The van der Waals surface area contributed by atoms with E-state index in [1.807, 2.05) is 54.1 Å². The number of H-pyrrole nitrogens is 1. The van der Waals surface area contributed by atoms with Crippen molar-refractivity contribution in [2.45, 2.75) is 44.9 Å². The van der Waals surface area contributed by atoms with Crippen molar-refractivity contribution in [2.75, 3.05) is 20.2 Å². The second kappa shape index (κ2) is 7.00. The van der Waals surface area contributed by atoms with Gasteiger partial charge in [0.2, 0.25) is 0 Å². The number of carbonyl (C=O) groups is 2. The molecule has 6 heteroatoms. The van der Waals surface area contributed by atoms with Crippen LogP contribution in [0.25, 0.3) is 10.9 Å². The first kappa shape index (κ1) is 18.0. The zero-order chi connectivity index (χ0) is 19.1. The fourth-order valence-corrected chi connectivity index (χ4v) is 4.62. The maximum Gasteiger partial charge on any atom is 0.254 e. The number of aromatic nitrogens is 1. The number of benzene rings is 1. The number of nitrogens with zero attached hydrogens (tertiary/aromatic N) is 2. The van der Waals surface area contributed by atoms with Crippen LogP contribution in [0.4, 0.5) is 0 Å². The molecule has 0 aliphatic carbocycles. The van der Waals surface area contributed by atoms with Crippen molar-refractivity contribution in [1.29, 1.82) is 0 Å². The van der Waals surface area contributed by atoms with Gasteiger partial charge in [0.05, 0.1) is 6.04 Å². The lowest BCUT2D eigenvalue weighted by Crippen LogP contribution is -2.70. The Labute approximate surface area is 159 Å². The highest BCUT2D eigenvalue weighted by molar-refractivity contribution is 5.98. The van der Waals surface area contributed by atoms with Gasteiger partial charge in [-0.05, 0) is 56.2 Å². The summed E-state index contributed by atoms with van der Waals surface area (Å²) in [5.41, 5.74) is 1.71. The van der Waals surface area contributed by atoms with Gasteiger partial charge in [-0.25, -0.2) is 0 Å². The van der Waals surface area contributed by atoms with E-state index in [4.69, 9.17) is 4.74 Å². The lowest BCUT2D eigenvalue weighted by atomic mass is 9.79. The largest absolute Gasteiger partial charge is 0.369 e. The van der Waals surface area contributed by atoms with E-state index in [9.17, 15) is 9.59 Å². The molecular formula is C21H27N3O3. The average molecular weight is 369 g/mol. The molecule has 6 nitrogen and oxygen atoms in total. The predicted molar refractivity (Wildman–Crippen MR) is 103 cm³/mol. The van der Waals surface area contributed by atoms with Crippen molar-refractivity contribution < 1.29 is 14.3 Å². The van der Waals surface area contributed by atoms with Crippen molar-refractivity contribution in [3.05, 3.63) is 36.0 Å². The summed E-state index contributed by atoms with van der Waals surface area (Å²) >= 11 is 0. The molecule has 27 heavy (non-hydrogen) atoms. The fourth-order valence-electron chi connectivity index (χ4n) is 4.62. The first-order chi connectivity index (χ1) is 13.0. The van der Waals surface area contributed by atoms with Crippen molar-refractivity contribution in [3.63, 3.8) is 0 Å². The molecule has 0 unspecified atom stereocenters. The monoisotopic (exact) mass is 369 g/mol. The maximum atomic E-state index is 12.9. The number of amides is 2. The van der Waals surface area contributed by atoms with Crippen LogP contribution in [-0.2, 0) is 9.53 Å². The molecule has 2 atom stereocenters. The number of nitrogens with one attached hydrogen (secondary N) is 1. The zero-order valence-corrected chi connectivity index (χ0v) is 16.1. The highest BCUT2D eigenvalue weighted by atomic mass is 16.5. The summed E-state index contributed by atoms with van der Waals surface area (Å²) in [6, 6.07) is 8.12. The zero-order valence-electron chi connectivity index (χ0n) is 16.1. The lowest BCUT2D eigenvalue weighted by Gasteiger charge is -2.53. The molecule has 0 saturated carbocycles. The van der Waals surface area contributed by atoms with Gasteiger partial charge in [0.25, 0.3) is 11.8 Å². The maximum absolute atomic E-state index is 12.9. The molecule has 0 spiro atoms. The summed E-state index contributed by atoms with van der Waals surface area (Å²) < 4.78 is 5.45. The number of aromatic amines is 1. The Morgan fingerprint density at radius 2 is 1.96 bits per heavy atom. The van der Waals surface area contributed by atoms with Gasteiger partial charge in [0.15, 0.2) is 6.10 Å². The van der Waals surface area contributed by atoms with Crippen LogP contribution in [0, 0.1) is 5.92 Å². The molecule has 3 heterocycles. The fraction of sp³-hybridized carbons (Fsp3) is 0.524. The average Bonchev–Trinajstić information content (AvgIpc) is 3.13. The predicted octanol–water partition coefficient (Wildman–Crippen LogP) is 2.65. The molecule has 144 valence electrons. The second-order valence-corrected chi connectivity index (χ2v) is 7.90. The quantitative estimate of drug-likeness (QED) is 0.843. The van der Waals surface area contributed by atoms with Crippen molar-refractivity contribution >= 4 is 22.7 Å². The molecule has 1 aromatic heterocycles. The van der Waals surface area contributed by atoms with Crippen LogP contribution in [0.1, 0.15) is 37.0 Å². The van der Waals surface area contributed by atoms with E-state index in [1.165, 1.54) is 0 Å². The van der Waals surface area contributed by atoms with Crippen LogP contribution in [0.5, 0.6) is 0 Å². The van der Waals surface area contributed by atoms with Gasteiger partial charge in [-0.15, -0.1) is 0 Å². The summed E-state index contributed by atoms with van der Waals surface area (Å²) in [6.07, 6.45) is 3.36. The molecule has 2 fully saturated rings. The number of piperidine rings is 1. The number of hydrogen-bond donors (Lipinski definition) is 1. The molecule has 1 aromatic carbocycles. The van der Waals surface area contributed by atoms with Gasteiger partial charge >= 0.3 is 0 Å². The summed E-state index contributed by atoms with van der Waals surface area (Å²) in [6.45, 7) is 5.54. The van der Waals surface area contributed by atoms with Crippen LogP contribution in [0.2, 0.25) is 0 Å². The van der Waals surface area contributed by atoms with Crippen LogP contribution in [-0.4, -0.2) is 65.0 Å². The Bertz CT molecular complexity index is 851. The minimum Gasteiger partial charge on any atom is -0.369 e. The highest BCUT2D eigenvalue weighted by Crippen LogP contribution is 2.36. The third kappa shape index (κ3) is 3.02. The van der Waals surface area contributed by atoms with Gasteiger partial charge in [-0.1, -0.05) is 6.07 Å². The summed E-state index contributed by atoms with van der Waals surface area (Å²) in [5.74, 6) is 0.555. The Hall–Kier alpha value is -2.34. The summed E-state index contributed by atoms with van der Waals surface area (Å²) in [7, 11) is 1.61. The molecule has 2 amide bonds. The summed E-state index contributed by atoms with van der Waals surface area (Å²) in [5, 5.41) is 1.11. The number of likely N-dealkylation sites (tertiary alicyclic amines) is 2. The number of ether oxygens (including phenoxy) is 1. The number of β-lactam (4-membered cyclic amide) rings is 1. The van der Waals surface area contributed by atoms with Crippen molar-refractivity contribution in [1.82, 2.24) is 14.8 Å². The van der Waals surface area contributed by atoms with Gasteiger partial charge in [0.1, 0.15) is 0 Å². The van der Waals surface area contributed by atoms with Gasteiger partial charge in [0, 0.05) is 43.5 Å². The van der Waals surface area contributed by atoms with Crippen LogP contribution < -0.4 is 0 Å². The van der Waals surface area contributed by atoms with E-state index >= 15 is 0 Å². The number of rotatable bonds is 4. The molecule has 2 aromatic rings. The van der Waals surface area contributed by atoms with Crippen LogP contribution in [0.3, 0.4) is 0 Å². The molecule has 0 bridgehead atoms. The lowest BCUT2D eigenvalue weighted by molar-refractivity contribution is -0.181. The van der Waals surface area contributed by atoms with E-state index < -0.39 is 0 Å². The smallest absolute Gasteiger partial charge is 0.254 e. The van der Waals surface area contributed by atoms with E-state index in [0.29, 0.717) is 5.92 Å². The third-order valence-corrected chi connectivity index (χ3v) is 6.05. The van der Waals surface area contributed by atoms with E-state index in [2.05, 4.69) is 4.98 Å². The van der Waals surface area contributed by atoms with Crippen LogP contribution >= 0.6 is 0 Å². The van der Waals surface area contributed by atoms with E-state index in [0.717, 1.165) is 42.4 Å². The first-order valence-corrected chi connectivity index (χ1v) is 9.72. The highest BCUT2D eigenvalue weighted by Gasteiger charge is 2.52.